The first kappa shape index (κ1) is 15.0. The molecule has 0 radical (unpaired) electrons. The summed E-state index contributed by atoms with van der Waals surface area (Å²) in [5, 5.41) is -0.318. The Hall–Kier alpha value is -1.07. The SMILES string of the molecule is CC(C)S(=O)(=O)CCN(C)c1cccc(CN)c1. The molecule has 0 aliphatic carbocycles. The Balaban J connectivity index is 2.68. The van der Waals surface area contributed by atoms with Crippen molar-refractivity contribution in [3.8, 4) is 0 Å². The van der Waals surface area contributed by atoms with E-state index in [9.17, 15) is 8.42 Å². The highest BCUT2D eigenvalue weighted by Gasteiger charge is 2.16. The predicted octanol–water partition coefficient (Wildman–Crippen LogP) is 1.40. The van der Waals surface area contributed by atoms with E-state index >= 15 is 0 Å². The van der Waals surface area contributed by atoms with E-state index in [0.29, 0.717) is 13.1 Å². The van der Waals surface area contributed by atoms with Crippen molar-refractivity contribution in [1.82, 2.24) is 0 Å². The second-order valence-corrected chi connectivity index (χ2v) is 7.39. The summed E-state index contributed by atoms with van der Waals surface area (Å²) in [6.45, 7) is 4.41. The smallest absolute Gasteiger partial charge is 0.154 e. The number of anilines is 1. The Morgan fingerprint density at radius 2 is 2.00 bits per heavy atom. The quantitative estimate of drug-likeness (QED) is 0.849. The first-order chi connectivity index (χ1) is 8.36. The van der Waals surface area contributed by atoms with Crippen LogP contribution in [0.4, 0.5) is 5.69 Å². The van der Waals surface area contributed by atoms with Crippen LogP contribution in [0.1, 0.15) is 19.4 Å². The Kier molecular flexibility index (Phi) is 5.16. The Morgan fingerprint density at radius 3 is 2.56 bits per heavy atom. The normalized spacial score (nSPS) is 11.8. The summed E-state index contributed by atoms with van der Waals surface area (Å²) in [6.07, 6.45) is 0. The minimum Gasteiger partial charge on any atom is -0.374 e. The number of rotatable bonds is 6. The van der Waals surface area contributed by atoms with Crippen LogP contribution in [0.3, 0.4) is 0 Å². The van der Waals surface area contributed by atoms with Crippen molar-refractivity contribution < 1.29 is 8.42 Å². The van der Waals surface area contributed by atoms with Gasteiger partial charge in [-0.05, 0) is 31.5 Å². The summed E-state index contributed by atoms with van der Waals surface area (Å²) in [5.74, 6) is 0.175. The summed E-state index contributed by atoms with van der Waals surface area (Å²) in [4.78, 5) is 1.94. The molecule has 18 heavy (non-hydrogen) atoms. The van der Waals surface area contributed by atoms with Crippen LogP contribution in [0.15, 0.2) is 24.3 Å². The third kappa shape index (κ3) is 3.99. The molecular weight excluding hydrogens is 248 g/mol. The number of nitrogens with two attached hydrogens (primary N) is 1. The van der Waals surface area contributed by atoms with Gasteiger partial charge in [0.05, 0.1) is 11.0 Å². The predicted molar refractivity (Wildman–Crippen MR) is 76.5 cm³/mol. The average Bonchev–Trinajstić information content (AvgIpc) is 2.36. The monoisotopic (exact) mass is 270 g/mol. The van der Waals surface area contributed by atoms with Gasteiger partial charge in [-0.2, -0.15) is 0 Å². The van der Waals surface area contributed by atoms with E-state index in [1.54, 1.807) is 13.8 Å². The average molecular weight is 270 g/mol. The largest absolute Gasteiger partial charge is 0.374 e. The van der Waals surface area contributed by atoms with Gasteiger partial charge in [-0.15, -0.1) is 0 Å². The molecule has 0 bridgehead atoms. The standard InChI is InChI=1S/C13H22N2O2S/c1-11(2)18(16,17)8-7-15(3)13-6-4-5-12(9-13)10-14/h4-6,9,11H,7-8,10,14H2,1-3H3. The van der Waals surface area contributed by atoms with Crippen LogP contribution >= 0.6 is 0 Å². The Labute approximate surface area is 110 Å². The number of benzene rings is 1. The molecule has 0 aliphatic heterocycles. The van der Waals surface area contributed by atoms with Gasteiger partial charge in [-0.3, -0.25) is 0 Å². The minimum atomic E-state index is -2.98. The first-order valence-electron chi connectivity index (χ1n) is 6.08. The lowest BCUT2D eigenvalue weighted by molar-refractivity contribution is 0.586. The molecule has 0 unspecified atom stereocenters. The summed E-state index contributed by atoms with van der Waals surface area (Å²) < 4.78 is 23.5. The minimum absolute atomic E-state index is 0.175. The van der Waals surface area contributed by atoms with Gasteiger partial charge >= 0.3 is 0 Å². The highest BCUT2D eigenvalue weighted by atomic mass is 32.2. The maximum atomic E-state index is 11.7. The van der Waals surface area contributed by atoms with Gasteiger partial charge in [0.2, 0.25) is 0 Å². The Bertz CT molecular complexity index is 484. The van der Waals surface area contributed by atoms with E-state index in [0.717, 1.165) is 11.3 Å². The molecule has 0 heterocycles. The van der Waals surface area contributed by atoms with Gasteiger partial charge in [-0.25, -0.2) is 8.42 Å². The topological polar surface area (TPSA) is 63.4 Å². The van der Waals surface area contributed by atoms with Gasteiger partial charge in [0.25, 0.3) is 0 Å². The van der Waals surface area contributed by atoms with Crippen LogP contribution in [-0.4, -0.2) is 33.0 Å². The third-order valence-electron chi connectivity index (χ3n) is 3.02. The van der Waals surface area contributed by atoms with Crippen LogP contribution in [-0.2, 0) is 16.4 Å². The molecule has 1 aromatic rings. The zero-order chi connectivity index (χ0) is 13.8. The zero-order valence-corrected chi connectivity index (χ0v) is 12.1. The van der Waals surface area contributed by atoms with E-state index in [1.807, 2.05) is 36.2 Å². The fourth-order valence-corrected chi connectivity index (χ4v) is 2.55. The Morgan fingerprint density at radius 1 is 1.33 bits per heavy atom. The second-order valence-electron chi connectivity index (χ2n) is 4.71. The molecule has 0 aromatic heterocycles. The van der Waals surface area contributed by atoms with Crippen molar-refractivity contribution in [2.75, 3.05) is 24.2 Å². The van der Waals surface area contributed by atoms with E-state index in [2.05, 4.69) is 0 Å². The zero-order valence-electron chi connectivity index (χ0n) is 11.3. The molecule has 4 nitrogen and oxygen atoms in total. The molecule has 0 saturated heterocycles. The third-order valence-corrected chi connectivity index (χ3v) is 5.20. The fraction of sp³-hybridized carbons (Fsp3) is 0.538. The van der Waals surface area contributed by atoms with Gasteiger partial charge in [-0.1, -0.05) is 12.1 Å². The molecule has 102 valence electrons. The van der Waals surface area contributed by atoms with Crippen molar-refractivity contribution in [3.05, 3.63) is 29.8 Å². The van der Waals surface area contributed by atoms with Crippen molar-refractivity contribution >= 4 is 15.5 Å². The molecule has 2 N–H and O–H groups in total. The van der Waals surface area contributed by atoms with Crippen LogP contribution in [0, 0.1) is 0 Å². The molecule has 0 fully saturated rings. The van der Waals surface area contributed by atoms with E-state index < -0.39 is 9.84 Å². The van der Waals surface area contributed by atoms with Crippen molar-refractivity contribution in [2.45, 2.75) is 25.6 Å². The first-order valence-corrected chi connectivity index (χ1v) is 7.80. The molecular formula is C13H22N2O2S. The van der Waals surface area contributed by atoms with Crippen molar-refractivity contribution in [3.63, 3.8) is 0 Å². The molecule has 1 aromatic carbocycles. The maximum absolute atomic E-state index is 11.7. The molecule has 0 aliphatic rings. The van der Waals surface area contributed by atoms with E-state index in [1.165, 1.54) is 0 Å². The van der Waals surface area contributed by atoms with Gasteiger partial charge in [0, 0.05) is 25.8 Å². The van der Waals surface area contributed by atoms with Gasteiger partial charge < -0.3 is 10.6 Å². The molecule has 5 heteroatoms. The lowest BCUT2D eigenvalue weighted by Crippen LogP contribution is -2.28. The summed E-state index contributed by atoms with van der Waals surface area (Å²) >= 11 is 0. The van der Waals surface area contributed by atoms with Crippen molar-refractivity contribution in [2.24, 2.45) is 5.73 Å². The summed E-state index contributed by atoms with van der Waals surface area (Å²) in [7, 11) is -1.09. The van der Waals surface area contributed by atoms with Crippen LogP contribution < -0.4 is 10.6 Å². The van der Waals surface area contributed by atoms with E-state index in [4.69, 9.17) is 5.73 Å². The maximum Gasteiger partial charge on any atom is 0.154 e. The van der Waals surface area contributed by atoms with Crippen LogP contribution in [0.2, 0.25) is 0 Å². The molecule has 0 amide bonds. The lowest BCUT2D eigenvalue weighted by atomic mass is 10.2. The van der Waals surface area contributed by atoms with Crippen molar-refractivity contribution in [1.29, 1.82) is 0 Å². The fourth-order valence-electron chi connectivity index (χ4n) is 1.55. The molecule has 0 atom stereocenters. The number of hydrogen-bond acceptors (Lipinski definition) is 4. The highest BCUT2D eigenvalue weighted by molar-refractivity contribution is 7.92. The summed E-state index contributed by atoms with van der Waals surface area (Å²) in [5.41, 5.74) is 7.63. The van der Waals surface area contributed by atoms with Crippen LogP contribution in [0.25, 0.3) is 0 Å². The van der Waals surface area contributed by atoms with E-state index in [-0.39, 0.29) is 11.0 Å². The molecule has 0 spiro atoms. The lowest BCUT2D eigenvalue weighted by Gasteiger charge is -2.20. The summed E-state index contributed by atoms with van der Waals surface area (Å²) in [6, 6.07) is 7.84. The van der Waals surface area contributed by atoms with Gasteiger partial charge in [0.15, 0.2) is 9.84 Å². The molecule has 0 saturated carbocycles. The molecule has 1 rings (SSSR count). The number of hydrogen-bond donors (Lipinski definition) is 1. The van der Waals surface area contributed by atoms with Gasteiger partial charge in [0.1, 0.15) is 0 Å². The number of sulfone groups is 1. The number of nitrogens with zero attached hydrogens (tertiary/aromatic N) is 1. The highest BCUT2D eigenvalue weighted by Crippen LogP contribution is 2.15. The van der Waals surface area contributed by atoms with Crippen LogP contribution in [0.5, 0.6) is 0 Å². The second kappa shape index (κ2) is 6.20.